The van der Waals surface area contributed by atoms with Gasteiger partial charge in [-0.25, -0.2) is 0 Å². The van der Waals surface area contributed by atoms with Crippen molar-refractivity contribution < 1.29 is 4.79 Å². The van der Waals surface area contributed by atoms with E-state index < -0.39 is 0 Å². The summed E-state index contributed by atoms with van der Waals surface area (Å²) in [6.45, 7) is 6.00. The SMILES string of the molecule is Cc1ccc(C(=O)Nc2ccc(C)c(C)c2)c(Cl)c1. The first-order valence-electron chi connectivity index (χ1n) is 6.12. The standard InChI is InChI=1S/C16H16ClNO/c1-10-4-7-14(15(17)8-10)16(19)18-13-6-5-11(2)12(3)9-13/h4-9H,1-3H3,(H,18,19). The molecule has 2 aromatic rings. The van der Waals surface area contributed by atoms with E-state index in [1.807, 2.05) is 45.0 Å². The maximum absolute atomic E-state index is 12.1. The number of benzene rings is 2. The maximum atomic E-state index is 12.1. The van der Waals surface area contributed by atoms with Gasteiger partial charge in [0.2, 0.25) is 0 Å². The molecular weight excluding hydrogens is 258 g/mol. The average Bonchev–Trinajstić information content (AvgIpc) is 2.33. The lowest BCUT2D eigenvalue weighted by Crippen LogP contribution is -2.12. The molecule has 0 heterocycles. The van der Waals surface area contributed by atoms with E-state index in [1.165, 1.54) is 5.56 Å². The zero-order valence-electron chi connectivity index (χ0n) is 11.3. The number of hydrogen-bond donors (Lipinski definition) is 1. The molecular formula is C16H16ClNO. The lowest BCUT2D eigenvalue weighted by Gasteiger charge is -2.09. The molecule has 0 aliphatic carbocycles. The van der Waals surface area contributed by atoms with Gasteiger partial charge in [-0.2, -0.15) is 0 Å². The number of anilines is 1. The first-order chi connectivity index (χ1) is 8.97. The van der Waals surface area contributed by atoms with Crippen LogP contribution in [-0.4, -0.2) is 5.91 Å². The van der Waals surface area contributed by atoms with Crippen molar-refractivity contribution in [3.8, 4) is 0 Å². The van der Waals surface area contributed by atoms with Gasteiger partial charge in [-0.15, -0.1) is 0 Å². The number of amides is 1. The van der Waals surface area contributed by atoms with E-state index in [4.69, 9.17) is 11.6 Å². The molecule has 1 N–H and O–H groups in total. The second-order valence-electron chi connectivity index (χ2n) is 4.74. The van der Waals surface area contributed by atoms with Crippen LogP contribution in [0.2, 0.25) is 5.02 Å². The molecule has 0 bridgehead atoms. The van der Waals surface area contributed by atoms with Crippen LogP contribution < -0.4 is 5.32 Å². The number of aryl methyl sites for hydroxylation is 3. The monoisotopic (exact) mass is 273 g/mol. The Bertz CT molecular complexity index is 635. The zero-order valence-corrected chi connectivity index (χ0v) is 12.0. The third-order valence-corrected chi connectivity index (χ3v) is 3.45. The summed E-state index contributed by atoms with van der Waals surface area (Å²) < 4.78 is 0. The fourth-order valence-electron chi connectivity index (χ4n) is 1.82. The summed E-state index contributed by atoms with van der Waals surface area (Å²) in [6, 6.07) is 11.2. The third kappa shape index (κ3) is 3.15. The molecule has 2 nitrogen and oxygen atoms in total. The minimum atomic E-state index is -0.187. The van der Waals surface area contributed by atoms with Crippen LogP contribution in [0.25, 0.3) is 0 Å². The molecule has 0 unspecified atom stereocenters. The van der Waals surface area contributed by atoms with Crippen molar-refractivity contribution in [2.45, 2.75) is 20.8 Å². The Balaban J connectivity index is 2.23. The Morgan fingerprint density at radius 2 is 1.74 bits per heavy atom. The molecule has 0 aromatic heterocycles. The number of carbonyl (C=O) groups is 1. The Hall–Kier alpha value is -1.80. The lowest BCUT2D eigenvalue weighted by molar-refractivity contribution is 0.102. The number of hydrogen-bond acceptors (Lipinski definition) is 1. The van der Waals surface area contributed by atoms with Crippen molar-refractivity contribution in [1.82, 2.24) is 0 Å². The molecule has 98 valence electrons. The predicted octanol–water partition coefficient (Wildman–Crippen LogP) is 4.52. The largest absolute Gasteiger partial charge is 0.322 e. The fourth-order valence-corrected chi connectivity index (χ4v) is 2.14. The summed E-state index contributed by atoms with van der Waals surface area (Å²) in [5.74, 6) is -0.187. The topological polar surface area (TPSA) is 29.1 Å². The highest BCUT2D eigenvalue weighted by atomic mass is 35.5. The van der Waals surface area contributed by atoms with Gasteiger partial charge in [-0.1, -0.05) is 23.7 Å². The van der Waals surface area contributed by atoms with Crippen LogP contribution in [0.15, 0.2) is 36.4 Å². The normalized spacial score (nSPS) is 10.3. The van der Waals surface area contributed by atoms with Crippen LogP contribution >= 0.6 is 11.6 Å². The number of nitrogens with one attached hydrogen (secondary N) is 1. The van der Waals surface area contributed by atoms with Crippen molar-refractivity contribution >= 4 is 23.2 Å². The minimum Gasteiger partial charge on any atom is -0.322 e. The van der Waals surface area contributed by atoms with E-state index >= 15 is 0 Å². The molecule has 0 atom stereocenters. The molecule has 0 aliphatic rings. The quantitative estimate of drug-likeness (QED) is 0.856. The van der Waals surface area contributed by atoms with Crippen LogP contribution in [0.1, 0.15) is 27.0 Å². The van der Waals surface area contributed by atoms with E-state index in [0.29, 0.717) is 10.6 Å². The van der Waals surface area contributed by atoms with E-state index in [2.05, 4.69) is 5.32 Å². The summed E-state index contributed by atoms with van der Waals surface area (Å²) in [4.78, 5) is 12.1. The summed E-state index contributed by atoms with van der Waals surface area (Å²) in [7, 11) is 0. The van der Waals surface area contributed by atoms with E-state index in [9.17, 15) is 4.79 Å². The lowest BCUT2D eigenvalue weighted by atomic mass is 10.1. The highest BCUT2D eigenvalue weighted by molar-refractivity contribution is 6.34. The van der Waals surface area contributed by atoms with Crippen molar-refractivity contribution in [3.63, 3.8) is 0 Å². The molecule has 2 aromatic carbocycles. The number of halogens is 1. The molecule has 0 aliphatic heterocycles. The minimum absolute atomic E-state index is 0.187. The molecule has 2 rings (SSSR count). The van der Waals surface area contributed by atoms with E-state index in [0.717, 1.165) is 16.8 Å². The molecule has 19 heavy (non-hydrogen) atoms. The van der Waals surface area contributed by atoms with Crippen LogP contribution in [0.4, 0.5) is 5.69 Å². The van der Waals surface area contributed by atoms with Crippen molar-refractivity contribution in [2.75, 3.05) is 5.32 Å². The molecule has 0 saturated heterocycles. The van der Waals surface area contributed by atoms with Crippen LogP contribution in [0.3, 0.4) is 0 Å². The highest BCUT2D eigenvalue weighted by Gasteiger charge is 2.10. The summed E-state index contributed by atoms with van der Waals surface area (Å²) in [6.07, 6.45) is 0. The average molecular weight is 274 g/mol. The molecule has 0 radical (unpaired) electrons. The van der Waals surface area contributed by atoms with Crippen molar-refractivity contribution in [1.29, 1.82) is 0 Å². The first kappa shape index (κ1) is 13.6. The predicted molar refractivity (Wildman–Crippen MR) is 80.1 cm³/mol. The van der Waals surface area contributed by atoms with Crippen molar-refractivity contribution in [3.05, 3.63) is 63.7 Å². The molecule has 0 spiro atoms. The molecule has 0 fully saturated rings. The van der Waals surface area contributed by atoms with Gasteiger partial charge in [0.25, 0.3) is 5.91 Å². The Kier molecular flexibility index (Phi) is 3.91. The van der Waals surface area contributed by atoms with Crippen LogP contribution in [-0.2, 0) is 0 Å². The molecule has 1 amide bonds. The van der Waals surface area contributed by atoms with Crippen LogP contribution in [0.5, 0.6) is 0 Å². The van der Waals surface area contributed by atoms with Gasteiger partial charge < -0.3 is 5.32 Å². The van der Waals surface area contributed by atoms with Gasteiger partial charge in [0.1, 0.15) is 0 Å². The maximum Gasteiger partial charge on any atom is 0.257 e. The van der Waals surface area contributed by atoms with E-state index in [-0.39, 0.29) is 5.91 Å². The second-order valence-corrected chi connectivity index (χ2v) is 5.14. The molecule has 3 heteroatoms. The van der Waals surface area contributed by atoms with Gasteiger partial charge in [-0.05, 0) is 61.7 Å². The third-order valence-electron chi connectivity index (χ3n) is 3.13. The smallest absolute Gasteiger partial charge is 0.257 e. The van der Waals surface area contributed by atoms with E-state index in [1.54, 1.807) is 12.1 Å². The Labute approximate surface area is 118 Å². The highest BCUT2D eigenvalue weighted by Crippen LogP contribution is 2.20. The second kappa shape index (κ2) is 5.45. The zero-order chi connectivity index (χ0) is 14.0. The Morgan fingerprint density at radius 3 is 2.37 bits per heavy atom. The fraction of sp³-hybridized carbons (Fsp3) is 0.188. The number of carbonyl (C=O) groups excluding carboxylic acids is 1. The van der Waals surface area contributed by atoms with Gasteiger partial charge in [-0.3, -0.25) is 4.79 Å². The van der Waals surface area contributed by atoms with Crippen LogP contribution in [0, 0.1) is 20.8 Å². The number of rotatable bonds is 2. The van der Waals surface area contributed by atoms with Gasteiger partial charge in [0.05, 0.1) is 10.6 Å². The van der Waals surface area contributed by atoms with Gasteiger partial charge in [0.15, 0.2) is 0 Å². The van der Waals surface area contributed by atoms with Gasteiger partial charge >= 0.3 is 0 Å². The molecule has 0 saturated carbocycles. The Morgan fingerprint density at radius 1 is 1.00 bits per heavy atom. The summed E-state index contributed by atoms with van der Waals surface area (Å²) in [5.41, 5.74) is 4.65. The summed E-state index contributed by atoms with van der Waals surface area (Å²) in [5, 5.41) is 3.34. The summed E-state index contributed by atoms with van der Waals surface area (Å²) >= 11 is 6.09. The van der Waals surface area contributed by atoms with Gasteiger partial charge in [0, 0.05) is 5.69 Å². The first-order valence-corrected chi connectivity index (χ1v) is 6.50. The van der Waals surface area contributed by atoms with Crippen molar-refractivity contribution in [2.24, 2.45) is 0 Å².